The normalized spacial score (nSPS) is 10.7. The molecule has 0 aliphatic rings. The maximum atomic E-state index is 5.53. The van der Waals surface area contributed by atoms with Gasteiger partial charge in [-0.3, -0.25) is 0 Å². The van der Waals surface area contributed by atoms with E-state index in [1.54, 1.807) is 0 Å². The molecule has 5 nitrogen and oxygen atoms in total. The number of aryl methyl sites for hydroxylation is 1. The van der Waals surface area contributed by atoms with Gasteiger partial charge in [-0.05, 0) is 30.5 Å². The highest BCUT2D eigenvalue weighted by Gasteiger charge is 2.06. The lowest BCUT2D eigenvalue weighted by molar-refractivity contribution is 0.477. The fraction of sp³-hybridized carbons (Fsp3) is 0.467. The first-order chi connectivity index (χ1) is 9.83. The summed E-state index contributed by atoms with van der Waals surface area (Å²) in [5.74, 6) is 0.615. The minimum Gasteiger partial charge on any atom is -0.407 e. The molecule has 2 N–H and O–H groups in total. The van der Waals surface area contributed by atoms with Gasteiger partial charge in [-0.1, -0.05) is 43.2 Å². The van der Waals surface area contributed by atoms with Gasteiger partial charge in [0.1, 0.15) is 0 Å². The number of benzene rings is 1. The van der Waals surface area contributed by atoms with Crippen LogP contribution in [0.1, 0.15) is 37.3 Å². The van der Waals surface area contributed by atoms with E-state index in [4.69, 9.17) is 4.42 Å². The molecule has 0 amide bonds. The Kier molecular flexibility index (Phi) is 5.55. The predicted molar refractivity (Wildman–Crippen MR) is 79.4 cm³/mol. The highest BCUT2D eigenvalue weighted by Crippen LogP contribution is 2.12. The Morgan fingerprint density at radius 3 is 2.60 bits per heavy atom. The van der Waals surface area contributed by atoms with E-state index in [0.717, 1.165) is 19.4 Å². The van der Waals surface area contributed by atoms with Crippen molar-refractivity contribution in [2.24, 2.45) is 0 Å². The summed E-state index contributed by atoms with van der Waals surface area (Å²) in [7, 11) is 0. The average Bonchev–Trinajstić information content (AvgIpc) is 2.93. The molecular weight excluding hydrogens is 252 g/mol. The number of nitrogens with zero attached hydrogens (tertiary/aromatic N) is 2. The van der Waals surface area contributed by atoms with Crippen molar-refractivity contribution >= 4 is 6.01 Å². The maximum absolute atomic E-state index is 5.53. The summed E-state index contributed by atoms with van der Waals surface area (Å²) in [5, 5.41) is 14.4. The fourth-order valence-electron chi connectivity index (χ4n) is 2.01. The molecule has 0 aliphatic heterocycles. The SMILES string of the molecule is CCCNCc1nnc(NCc2ccccc2CC)o1. The molecule has 0 saturated carbocycles. The third-order valence-electron chi connectivity index (χ3n) is 3.10. The first-order valence-corrected chi connectivity index (χ1v) is 7.17. The summed E-state index contributed by atoms with van der Waals surface area (Å²) in [6, 6.07) is 8.84. The quantitative estimate of drug-likeness (QED) is 0.725. The van der Waals surface area contributed by atoms with Crippen LogP contribution in [0.4, 0.5) is 6.01 Å². The molecule has 0 saturated heterocycles. The van der Waals surface area contributed by atoms with Crippen molar-refractivity contribution in [3.05, 3.63) is 41.3 Å². The number of anilines is 1. The largest absolute Gasteiger partial charge is 0.407 e. The third-order valence-corrected chi connectivity index (χ3v) is 3.10. The van der Waals surface area contributed by atoms with Crippen molar-refractivity contribution < 1.29 is 4.42 Å². The average molecular weight is 274 g/mol. The Balaban J connectivity index is 1.87. The van der Waals surface area contributed by atoms with Crippen LogP contribution in [-0.4, -0.2) is 16.7 Å². The van der Waals surface area contributed by atoms with Crippen molar-refractivity contribution in [2.45, 2.75) is 39.8 Å². The summed E-state index contributed by atoms with van der Waals surface area (Å²) in [6.07, 6.45) is 2.11. The van der Waals surface area contributed by atoms with Crippen LogP contribution in [0.5, 0.6) is 0 Å². The summed E-state index contributed by atoms with van der Waals surface area (Å²) in [4.78, 5) is 0. The van der Waals surface area contributed by atoms with E-state index in [0.29, 0.717) is 25.0 Å². The second-order valence-corrected chi connectivity index (χ2v) is 4.65. The van der Waals surface area contributed by atoms with Crippen LogP contribution in [0.3, 0.4) is 0 Å². The summed E-state index contributed by atoms with van der Waals surface area (Å²) < 4.78 is 5.53. The van der Waals surface area contributed by atoms with Gasteiger partial charge in [0.25, 0.3) is 0 Å². The molecule has 1 aromatic carbocycles. The Bertz CT molecular complexity index is 524. The molecule has 0 spiro atoms. The zero-order valence-electron chi connectivity index (χ0n) is 12.1. The Morgan fingerprint density at radius 2 is 1.85 bits per heavy atom. The van der Waals surface area contributed by atoms with Crippen molar-refractivity contribution in [1.29, 1.82) is 0 Å². The van der Waals surface area contributed by atoms with Crippen LogP contribution in [0, 0.1) is 0 Å². The van der Waals surface area contributed by atoms with Crippen LogP contribution >= 0.6 is 0 Å². The van der Waals surface area contributed by atoms with Crippen molar-refractivity contribution in [2.75, 3.05) is 11.9 Å². The Hall–Kier alpha value is -1.88. The van der Waals surface area contributed by atoms with Gasteiger partial charge < -0.3 is 15.1 Å². The molecule has 5 heteroatoms. The van der Waals surface area contributed by atoms with E-state index < -0.39 is 0 Å². The topological polar surface area (TPSA) is 63.0 Å². The number of nitrogens with one attached hydrogen (secondary N) is 2. The predicted octanol–water partition coefficient (Wildman–Crippen LogP) is 2.74. The fourth-order valence-corrected chi connectivity index (χ4v) is 2.01. The molecule has 0 unspecified atom stereocenters. The minimum absolute atomic E-state index is 0.476. The highest BCUT2D eigenvalue weighted by atomic mass is 16.4. The summed E-state index contributed by atoms with van der Waals surface area (Å²) in [5.41, 5.74) is 2.60. The standard InChI is InChI=1S/C15H22N4O/c1-3-9-16-11-14-18-19-15(20-14)17-10-13-8-6-5-7-12(13)4-2/h5-8,16H,3-4,9-11H2,1-2H3,(H,17,19). The van der Waals surface area contributed by atoms with E-state index >= 15 is 0 Å². The summed E-state index contributed by atoms with van der Waals surface area (Å²) >= 11 is 0. The van der Waals surface area contributed by atoms with Gasteiger partial charge in [-0.25, -0.2) is 0 Å². The second kappa shape index (κ2) is 7.65. The van der Waals surface area contributed by atoms with Crippen molar-refractivity contribution in [1.82, 2.24) is 15.5 Å². The van der Waals surface area contributed by atoms with Crippen LogP contribution in [-0.2, 0) is 19.5 Å². The van der Waals surface area contributed by atoms with Gasteiger partial charge in [0, 0.05) is 6.54 Å². The van der Waals surface area contributed by atoms with E-state index in [-0.39, 0.29) is 0 Å². The van der Waals surface area contributed by atoms with Crippen LogP contribution < -0.4 is 10.6 Å². The maximum Gasteiger partial charge on any atom is 0.315 e. The third kappa shape index (κ3) is 4.06. The molecule has 2 rings (SSSR count). The van der Waals surface area contributed by atoms with Gasteiger partial charge in [0.05, 0.1) is 6.54 Å². The molecule has 108 valence electrons. The van der Waals surface area contributed by atoms with E-state index in [1.165, 1.54) is 11.1 Å². The molecule has 0 radical (unpaired) electrons. The molecule has 1 heterocycles. The monoisotopic (exact) mass is 274 g/mol. The zero-order valence-corrected chi connectivity index (χ0v) is 12.1. The summed E-state index contributed by atoms with van der Waals surface area (Å²) in [6.45, 7) is 6.55. The van der Waals surface area contributed by atoms with E-state index in [2.05, 4.69) is 52.9 Å². The lowest BCUT2D eigenvalue weighted by atomic mass is 10.1. The molecule has 1 aromatic heterocycles. The molecular formula is C15H22N4O. The Morgan fingerprint density at radius 1 is 1.05 bits per heavy atom. The second-order valence-electron chi connectivity index (χ2n) is 4.65. The lowest BCUT2D eigenvalue weighted by Gasteiger charge is -2.07. The molecule has 20 heavy (non-hydrogen) atoms. The number of aromatic nitrogens is 2. The van der Waals surface area contributed by atoms with Crippen LogP contribution in [0.25, 0.3) is 0 Å². The number of hydrogen-bond acceptors (Lipinski definition) is 5. The van der Waals surface area contributed by atoms with E-state index in [1.807, 2.05) is 6.07 Å². The molecule has 2 aromatic rings. The molecule has 0 atom stereocenters. The molecule has 0 fully saturated rings. The zero-order chi connectivity index (χ0) is 14.2. The van der Waals surface area contributed by atoms with Crippen LogP contribution in [0.15, 0.2) is 28.7 Å². The lowest BCUT2D eigenvalue weighted by Crippen LogP contribution is -2.13. The van der Waals surface area contributed by atoms with Gasteiger partial charge in [-0.15, -0.1) is 5.10 Å². The first kappa shape index (κ1) is 14.5. The van der Waals surface area contributed by atoms with E-state index in [9.17, 15) is 0 Å². The minimum atomic E-state index is 0.476. The van der Waals surface area contributed by atoms with Gasteiger partial charge in [-0.2, -0.15) is 0 Å². The molecule has 0 bridgehead atoms. The van der Waals surface area contributed by atoms with Crippen LogP contribution in [0.2, 0.25) is 0 Å². The molecule has 0 aliphatic carbocycles. The smallest absolute Gasteiger partial charge is 0.315 e. The van der Waals surface area contributed by atoms with Gasteiger partial charge >= 0.3 is 6.01 Å². The Labute approximate surface area is 119 Å². The first-order valence-electron chi connectivity index (χ1n) is 7.17. The highest BCUT2D eigenvalue weighted by molar-refractivity contribution is 5.30. The van der Waals surface area contributed by atoms with Crippen molar-refractivity contribution in [3.63, 3.8) is 0 Å². The van der Waals surface area contributed by atoms with Gasteiger partial charge in [0.2, 0.25) is 5.89 Å². The van der Waals surface area contributed by atoms with Gasteiger partial charge in [0.15, 0.2) is 0 Å². The number of hydrogen-bond donors (Lipinski definition) is 2. The number of rotatable bonds is 8. The van der Waals surface area contributed by atoms with Crippen molar-refractivity contribution in [3.8, 4) is 0 Å².